The highest BCUT2D eigenvalue weighted by atomic mass is 16.7. The van der Waals surface area contributed by atoms with Crippen LogP contribution in [-0.2, 0) is 11.3 Å². The van der Waals surface area contributed by atoms with Crippen LogP contribution in [0.15, 0.2) is 18.2 Å². The molecule has 1 N–H and O–H groups in total. The fourth-order valence-corrected chi connectivity index (χ4v) is 1.51. The van der Waals surface area contributed by atoms with Gasteiger partial charge in [-0.25, -0.2) is 0 Å². The Morgan fingerprint density at radius 3 is 2.65 bits per heavy atom. The van der Waals surface area contributed by atoms with Gasteiger partial charge in [0.25, 0.3) is 0 Å². The zero-order valence-electron chi connectivity index (χ0n) is 10.8. The van der Waals surface area contributed by atoms with Gasteiger partial charge in [-0.3, -0.25) is 0 Å². The molecule has 4 nitrogen and oxygen atoms in total. The fourth-order valence-electron chi connectivity index (χ4n) is 1.51. The van der Waals surface area contributed by atoms with Crippen LogP contribution >= 0.6 is 0 Å². The maximum atomic E-state index is 5.58. The van der Waals surface area contributed by atoms with Gasteiger partial charge >= 0.3 is 0 Å². The van der Waals surface area contributed by atoms with Crippen LogP contribution in [0, 0.1) is 0 Å². The molecule has 0 saturated heterocycles. The van der Waals surface area contributed by atoms with Crippen molar-refractivity contribution in [3.05, 3.63) is 23.8 Å². The zero-order valence-corrected chi connectivity index (χ0v) is 10.8. The molecule has 1 aromatic carbocycles. The molecule has 0 fully saturated rings. The van der Waals surface area contributed by atoms with Crippen molar-refractivity contribution in [1.82, 2.24) is 5.32 Å². The van der Waals surface area contributed by atoms with Crippen LogP contribution in [0.4, 0.5) is 0 Å². The van der Waals surface area contributed by atoms with Gasteiger partial charge in [-0.05, 0) is 19.5 Å². The Balaban J connectivity index is 2.87. The molecule has 0 heterocycles. The van der Waals surface area contributed by atoms with Crippen molar-refractivity contribution < 1.29 is 14.2 Å². The fraction of sp³-hybridized carbons (Fsp3) is 0.538. The molecule has 0 amide bonds. The maximum absolute atomic E-state index is 5.58. The molecule has 96 valence electrons. The van der Waals surface area contributed by atoms with E-state index in [-0.39, 0.29) is 6.79 Å². The molecule has 0 atom stereocenters. The van der Waals surface area contributed by atoms with E-state index in [2.05, 4.69) is 12.2 Å². The lowest BCUT2D eigenvalue weighted by molar-refractivity contribution is 0.0479. The van der Waals surface area contributed by atoms with Crippen molar-refractivity contribution in [3.63, 3.8) is 0 Å². The number of methoxy groups -OCH3 is 1. The van der Waals surface area contributed by atoms with E-state index in [1.165, 1.54) is 0 Å². The van der Waals surface area contributed by atoms with Crippen molar-refractivity contribution in [2.24, 2.45) is 0 Å². The number of hydrogen-bond acceptors (Lipinski definition) is 4. The molecule has 0 aromatic heterocycles. The van der Waals surface area contributed by atoms with E-state index in [1.807, 2.05) is 25.1 Å². The quantitative estimate of drug-likeness (QED) is 0.706. The van der Waals surface area contributed by atoms with Gasteiger partial charge in [0.15, 0.2) is 18.3 Å². The first-order valence-corrected chi connectivity index (χ1v) is 5.90. The second kappa shape index (κ2) is 7.92. The minimum absolute atomic E-state index is 0.225. The molecule has 0 unspecified atom stereocenters. The van der Waals surface area contributed by atoms with E-state index >= 15 is 0 Å². The smallest absolute Gasteiger partial charge is 0.188 e. The van der Waals surface area contributed by atoms with E-state index in [9.17, 15) is 0 Å². The Bertz CT molecular complexity index is 328. The van der Waals surface area contributed by atoms with Crippen molar-refractivity contribution >= 4 is 0 Å². The van der Waals surface area contributed by atoms with E-state index in [4.69, 9.17) is 14.2 Å². The van der Waals surface area contributed by atoms with Gasteiger partial charge in [-0.15, -0.1) is 0 Å². The average Bonchev–Trinajstić information content (AvgIpc) is 2.35. The molecule has 1 rings (SSSR count). The van der Waals surface area contributed by atoms with Gasteiger partial charge in [0.05, 0.1) is 6.61 Å². The van der Waals surface area contributed by atoms with Crippen LogP contribution in [0.25, 0.3) is 0 Å². The van der Waals surface area contributed by atoms with Gasteiger partial charge in [0, 0.05) is 19.2 Å². The highest BCUT2D eigenvalue weighted by molar-refractivity contribution is 5.46. The average molecular weight is 239 g/mol. The number of hydrogen-bond donors (Lipinski definition) is 1. The molecule has 17 heavy (non-hydrogen) atoms. The Morgan fingerprint density at radius 2 is 2.00 bits per heavy atom. The van der Waals surface area contributed by atoms with Crippen LogP contribution in [0.3, 0.4) is 0 Å². The molecular formula is C13H21NO3. The van der Waals surface area contributed by atoms with Crippen molar-refractivity contribution in [2.75, 3.05) is 27.1 Å². The monoisotopic (exact) mass is 239 g/mol. The van der Waals surface area contributed by atoms with E-state index in [0.29, 0.717) is 6.61 Å². The summed E-state index contributed by atoms with van der Waals surface area (Å²) in [7, 11) is 1.60. The summed E-state index contributed by atoms with van der Waals surface area (Å²) in [6.45, 7) is 6.55. The number of para-hydroxylation sites is 1. The summed E-state index contributed by atoms with van der Waals surface area (Å²) in [4.78, 5) is 0. The van der Waals surface area contributed by atoms with Crippen LogP contribution in [0.1, 0.15) is 19.4 Å². The van der Waals surface area contributed by atoms with Crippen LogP contribution in [0.5, 0.6) is 11.5 Å². The van der Waals surface area contributed by atoms with E-state index < -0.39 is 0 Å². The van der Waals surface area contributed by atoms with Gasteiger partial charge in [0.1, 0.15) is 0 Å². The first-order valence-electron chi connectivity index (χ1n) is 5.90. The number of benzene rings is 1. The summed E-state index contributed by atoms with van der Waals surface area (Å²) in [5.74, 6) is 1.53. The largest absolute Gasteiger partial charge is 0.490 e. The lowest BCUT2D eigenvalue weighted by atomic mass is 10.2. The molecule has 1 aromatic rings. The normalized spacial score (nSPS) is 10.3. The molecule has 0 aliphatic rings. The molecule has 0 spiro atoms. The van der Waals surface area contributed by atoms with Crippen molar-refractivity contribution in [3.8, 4) is 11.5 Å². The third-order valence-corrected chi connectivity index (χ3v) is 2.25. The minimum atomic E-state index is 0.225. The Labute approximate surface area is 103 Å². The topological polar surface area (TPSA) is 39.7 Å². The summed E-state index contributed by atoms with van der Waals surface area (Å²) in [6.07, 6.45) is 0. The van der Waals surface area contributed by atoms with Gasteiger partial charge in [-0.2, -0.15) is 0 Å². The first-order chi connectivity index (χ1) is 8.33. The van der Waals surface area contributed by atoms with Crippen molar-refractivity contribution in [2.45, 2.75) is 20.4 Å². The lowest BCUT2D eigenvalue weighted by Crippen LogP contribution is -2.14. The number of rotatable bonds is 8. The zero-order chi connectivity index (χ0) is 12.5. The molecule has 0 aliphatic heterocycles. The highest BCUT2D eigenvalue weighted by Crippen LogP contribution is 2.31. The molecule has 0 aliphatic carbocycles. The summed E-state index contributed by atoms with van der Waals surface area (Å²) in [6, 6.07) is 5.90. The third kappa shape index (κ3) is 4.24. The molecular weight excluding hydrogens is 218 g/mol. The van der Waals surface area contributed by atoms with Gasteiger partial charge < -0.3 is 19.5 Å². The SMILES string of the molecule is CCNCc1cccc(OCC)c1OCOC. The number of nitrogens with one attached hydrogen (secondary N) is 1. The predicted molar refractivity (Wildman–Crippen MR) is 67.5 cm³/mol. The lowest BCUT2D eigenvalue weighted by Gasteiger charge is -2.15. The Morgan fingerprint density at radius 1 is 1.18 bits per heavy atom. The molecule has 4 heteroatoms. The molecule has 0 radical (unpaired) electrons. The summed E-state index contributed by atoms with van der Waals surface area (Å²) >= 11 is 0. The van der Waals surface area contributed by atoms with Gasteiger partial charge in [-0.1, -0.05) is 19.1 Å². The van der Waals surface area contributed by atoms with Crippen molar-refractivity contribution in [1.29, 1.82) is 0 Å². The predicted octanol–water partition coefficient (Wildman–Crippen LogP) is 2.18. The highest BCUT2D eigenvalue weighted by Gasteiger charge is 2.10. The summed E-state index contributed by atoms with van der Waals surface area (Å²) < 4.78 is 16.1. The molecule has 0 saturated carbocycles. The van der Waals surface area contributed by atoms with Crippen LogP contribution in [0.2, 0.25) is 0 Å². The second-order valence-electron chi connectivity index (χ2n) is 3.51. The van der Waals surface area contributed by atoms with E-state index in [0.717, 1.165) is 30.2 Å². The van der Waals surface area contributed by atoms with Gasteiger partial charge in [0.2, 0.25) is 0 Å². The van der Waals surface area contributed by atoms with Crippen LogP contribution in [-0.4, -0.2) is 27.1 Å². The summed E-state index contributed by atoms with van der Waals surface area (Å²) in [5, 5.41) is 3.27. The minimum Gasteiger partial charge on any atom is -0.490 e. The Kier molecular flexibility index (Phi) is 6.43. The second-order valence-corrected chi connectivity index (χ2v) is 3.51. The third-order valence-electron chi connectivity index (χ3n) is 2.25. The maximum Gasteiger partial charge on any atom is 0.188 e. The molecule has 0 bridgehead atoms. The van der Waals surface area contributed by atoms with Crippen LogP contribution < -0.4 is 14.8 Å². The first kappa shape index (κ1) is 13.8. The summed E-state index contributed by atoms with van der Waals surface area (Å²) in [5.41, 5.74) is 1.08. The number of ether oxygens (including phenoxy) is 3. The Hall–Kier alpha value is -1.26. The van der Waals surface area contributed by atoms with E-state index in [1.54, 1.807) is 7.11 Å². The standard InChI is InChI=1S/C13H21NO3/c1-4-14-9-11-7-6-8-12(16-5-2)13(11)17-10-15-3/h6-8,14H,4-5,9-10H2,1-3H3.